The van der Waals surface area contributed by atoms with Gasteiger partial charge in [-0.15, -0.1) is 0 Å². The van der Waals surface area contributed by atoms with Crippen molar-refractivity contribution in [1.82, 2.24) is 30.0 Å². The average molecular weight is 605 g/mol. The van der Waals surface area contributed by atoms with E-state index >= 15 is 4.39 Å². The first-order valence-electron chi connectivity index (χ1n) is 14.1. The van der Waals surface area contributed by atoms with E-state index in [0.29, 0.717) is 37.0 Å². The van der Waals surface area contributed by atoms with Crippen molar-refractivity contribution in [2.75, 3.05) is 25.4 Å². The maximum atomic E-state index is 15.5. The summed E-state index contributed by atoms with van der Waals surface area (Å²) in [6, 6.07) is 8.99. The van der Waals surface area contributed by atoms with Gasteiger partial charge in [0.05, 0.1) is 11.4 Å². The Morgan fingerprint density at radius 2 is 2.02 bits per heavy atom. The van der Waals surface area contributed by atoms with Gasteiger partial charge in [-0.2, -0.15) is 14.8 Å². The molecule has 228 valence electrons. The lowest BCUT2D eigenvalue weighted by atomic mass is 9.99. The zero-order valence-corrected chi connectivity index (χ0v) is 24.4. The van der Waals surface area contributed by atoms with Crippen molar-refractivity contribution in [1.29, 1.82) is 5.26 Å². The van der Waals surface area contributed by atoms with E-state index in [9.17, 15) is 18.8 Å². The second-order valence-corrected chi connectivity index (χ2v) is 11.0. The number of likely N-dealkylation sites (N-methyl/N-ethyl adjacent to an activating group) is 1. The summed E-state index contributed by atoms with van der Waals surface area (Å²) in [4.78, 5) is 23.5. The number of likely N-dealkylation sites (tertiary alicyclic amines) is 1. The molecule has 1 atom stereocenters. The lowest BCUT2D eigenvalue weighted by Crippen LogP contribution is -2.43. The molecule has 10 nitrogen and oxygen atoms in total. The van der Waals surface area contributed by atoms with Crippen LogP contribution in [0, 0.1) is 28.8 Å². The van der Waals surface area contributed by atoms with E-state index in [1.165, 1.54) is 30.6 Å². The molecule has 5 rings (SSSR count). The number of benzene rings is 2. The number of fused-ring (bicyclic) bond motifs is 1. The zero-order valence-electron chi connectivity index (χ0n) is 24.4. The normalized spacial score (nSPS) is 15.8. The molecule has 0 radical (unpaired) electrons. The summed E-state index contributed by atoms with van der Waals surface area (Å²) in [6.45, 7) is 7.09. The predicted octanol–water partition coefficient (Wildman–Crippen LogP) is 5.29. The molecule has 0 spiro atoms. The number of nitrogens with zero attached hydrogens (tertiary/aromatic N) is 6. The predicted molar refractivity (Wildman–Crippen MR) is 158 cm³/mol. The van der Waals surface area contributed by atoms with Crippen molar-refractivity contribution in [3.8, 4) is 28.8 Å². The second kappa shape index (κ2) is 12.3. The molecule has 3 heterocycles. The summed E-state index contributed by atoms with van der Waals surface area (Å²) in [6.07, 6.45) is 4.20. The van der Waals surface area contributed by atoms with Crippen molar-refractivity contribution >= 4 is 22.8 Å². The number of nitrogen functional groups attached to an aromatic ring is 1. The second-order valence-electron chi connectivity index (χ2n) is 11.0. The first kappa shape index (κ1) is 30.5. The monoisotopic (exact) mass is 604 g/mol. The van der Waals surface area contributed by atoms with Gasteiger partial charge in [0, 0.05) is 30.3 Å². The van der Waals surface area contributed by atoms with Crippen LogP contribution in [0.4, 0.5) is 19.0 Å². The maximum absolute atomic E-state index is 15.5. The molecule has 1 fully saturated rings. The fourth-order valence-electron chi connectivity index (χ4n) is 5.40. The van der Waals surface area contributed by atoms with Crippen LogP contribution in [0.2, 0.25) is 0 Å². The van der Waals surface area contributed by atoms with Gasteiger partial charge < -0.3 is 20.7 Å². The molecular formula is C31H31F3N8O2. The van der Waals surface area contributed by atoms with Crippen molar-refractivity contribution in [3.05, 3.63) is 71.8 Å². The number of carbonyl (C=O) groups is 1. The summed E-state index contributed by atoms with van der Waals surface area (Å²) in [5.41, 5.74) is 6.30. The standard InChI is InChI=1S/C31H31F3N8O2/c1-4-39-31(2,3)14-18(15-35)30(43)41-12-6-7-19(16-41)42-29-25(28(36)37-17-38-29)27(40-42)21-11-10-20(13-23(21)33)44-24-9-5-8-22(32)26(24)34/h5,8-11,13-14,17,19,39H,4,6-7,12,16H2,1-3H3,(H2,36,37,38)/t19-/m1/s1. The minimum atomic E-state index is -1.19. The Labute approximate surface area is 252 Å². The number of piperidine rings is 1. The number of rotatable bonds is 8. The number of aromatic nitrogens is 4. The minimum Gasteiger partial charge on any atom is -0.454 e. The molecule has 2 aromatic carbocycles. The Kier molecular flexibility index (Phi) is 8.55. The van der Waals surface area contributed by atoms with Crippen molar-refractivity contribution in [3.63, 3.8) is 0 Å². The zero-order chi connectivity index (χ0) is 31.6. The van der Waals surface area contributed by atoms with Crippen LogP contribution in [0.25, 0.3) is 22.3 Å². The fraction of sp³-hybridized carbons (Fsp3) is 0.323. The third-order valence-corrected chi connectivity index (χ3v) is 7.38. The lowest BCUT2D eigenvalue weighted by molar-refractivity contribution is -0.128. The molecule has 13 heteroatoms. The molecule has 1 amide bonds. The Bertz CT molecular complexity index is 1800. The minimum absolute atomic E-state index is 0.0386. The number of anilines is 1. The van der Waals surface area contributed by atoms with Gasteiger partial charge in [-0.3, -0.25) is 4.79 Å². The summed E-state index contributed by atoms with van der Waals surface area (Å²) in [5.74, 6) is -3.77. The molecule has 44 heavy (non-hydrogen) atoms. The molecule has 2 aromatic heterocycles. The van der Waals surface area contributed by atoms with E-state index in [2.05, 4.69) is 15.3 Å². The SMILES string of the molecule is CCNC(C)(C)C=C(C#N)C(=O)N1CCC[C@@H](n2nc(-c3ccc(Oc4cccc(F)c4F)cc3F)c3c(N)ncnc32)C1. The fourth-order valence-corrected chi connectivity index (χ4v) is 5.40. The van der Waals surface area contributed by atoms with E-state index in [1.807, 2.05) is 26.8 Å². The lowest BCUT2D eigenvalue weighted by Gasteiger charge is -2.33. The van der Waals surface area contributed by atoms with E-state index in [1.54, 1.807) is 15.7 Å². The quantitative estimate of drug-likeness (QED) is 0.205. The van der Waals surface area contributed by atoms with Crippen molar-refractivity contribution in [2.45, 2.75) is 45.2 Å². The van der Waals surface area contributed by atoms with Crippen LogP contribution in [0.15, 0.2) is 54.4 Å². The number of ether oxygens (including phenoxy) is 1. The number of amides is 1. The number of carbonyl (C=O) groups excluding carboxylic acids is 1. The van der Waals surface area contributed by atoms with Gasteiger partial charge in [0.2, 0.25) is 5.82 Å². The molecule has 0 unspecified atom stereocenters. The molecular weight excluding hydrogens is 573 g/mol. The Balaban J connectivity index is 1.47. The highest BCUT2D eigenvalue weighted by atomic mass is 19.2. The van der Waals surface area contributed by atoms with E-state index in [-0.39, 0.29) is 52.6 Å². The molecule has 1 aliphatic heterocycles. The summed E-state index contributed by atoms with van der Waals surface area (Å²) >= 11 is 0. The van der Waals surface area contributed by atoms with Crippen LogP contribution in [-0.2, 0) is 4.79 Å². The average Bonchev–Trinajstić information content (AvgIpc) is 3.39. The molecule has 0 saturated carbocycles. The van der Waals surface area contributed by atoms with Crippen molar-refractivity contribution in [2.24, 2.45) is 0 Å². The van der Waals surface area contributed by atoms with Gasteiger partial charge in [0.25, 0.3) is 5.91 Å². The van der Waals surface area contributed by atoms with Crippen molar-refractivity contribution < 1.29 is 22.7 Å². The van der Waals surface area contributed by atoms with Crippen LogP contribution in [-0.4, -0.2) is 55.7 Å². The number of hydrogen-bond donors (Lipinski definition) is 2. The highest BCUT2D eigenvalue weighted by Crippen LogP contribution is 2.37. The van der Waals surface area contributed by atoms with Crippen LogP contribution in [0.3, 0.4) is 0 Å². The van der Waals surface area contributed by atoms with E-state index in [4.69, 9.17) is 15.6 Å². The van der Waals surface area contributed by atoms with E-state index in [0.717, 1.165) is 12.1 Å². The van der Waals surface area contributed by atoms with Crippen LogP contribution in [0.1, 0.15) is 39.7 Å². The Hall–Kier alpha value is -4.96. The first-order chi connectivity index (χ1) is 21.0. The highest BCUT2D eigenvalue weighted by molar-refractivity contribution is 5.99. The van der Waals surface area contributed by atoms with Crippen LogP contribution in [0.5, 0.6) is 11.5 Å². The molecule has 1 aliphatic rings. The molecule has 0 bridgehead atoms. The number of halogens is 3. The number of nitrogens with two attached hydrogens (primary N) is 1. The van der Waals surface area contributed by atoms with Gasteiger partial charge >= 0.3 is 0 Å². The van der Waals surface area contributed by atoms with Gasteiger partial charge in [-0.05, 0) is 63.6 Å². The smallest absolute Gasteiger partial charge is 0.264 e. The molecule has 1 saturated heterocycles. The third kappa shape index (κ3) is 6.07. The van der Waals surface area contributed by atoms with Gasteiger partial charge in [-0.1, -0.05) is 13.0 Å². The Morgan fingerprint density at radius 1 is 1.23 bits per heavy atom. The maximum Gasteiger partial charge on any atom is 0.264 e. The number of nitrogens with one attached hydrogen (secondary N) is 1. The summed E-state index contributed by atoms with van der Waals surface area (Å²) in [7, 11) is 0. The largest absolute Gasteiger partial charge is 0.454 e. The van der Waals surface area contributed by atoms with Gasteiger partial charge in [-0.25, -0.2) is 23.4 Å². The van der Waals surface area contributed by atoms with Gasteiger partial charge in [0.1, 0.15) is 41.0 Å². The summed E-state index contributed by atoms with van der Waals surface area (Å²) < 4.78 is 50.2. The van der Waals surface area contributed by atoms with E-state index < -0.39 is 23.0 Å². The topological polar surface area (TPSA) is 135 Å². The first-order valence-corrected chi connectivity index (χ1v) is 14.1. The molecule has 3 N–H and O–H groups in total. The Morgan fingerprint density at radius 3 is 2.75 bits per heavy atom. The highest BCUT2D eigenvalue weighted by Gasteiger charge is 2.31. The number of hydrogen-bond acceptors (Lipinski definition) is 8. The van der Waals surface area contributed by atoms with Crippen LogP contribution >= 0.6 is 0 Å². The molecule has 4 aromatic rings. The third-order valence-electron chi connectivity index (χ3n) is 7.38. The van der Waals surface area contributed by atoms with Gasteiger partial charge in [0.15, 0.2) is 17.2 Å². The number of nitriles is 1. The molecule has 0 aliphatic carbocycles. The van der Waals surface area contributed by atoms with Crippen LogP contribution < -0.4 is 15.8 Å². The summed E-state index contributed by atoms with van der Waals surface area (Å²) in [5, 5.41) is 18.0.